The predicted octanol–water partition coefficient (Wildman–Crippen LogP) is 1.69. The number of carbonyl (C=O) groups excluding carboxylic acids is 1. The van der Waals surface area contributed by atoms with Crippen molar-refractivity contribution in [3.05, 3.63) is 39.9 Å². The third-order valence-electron chi connectivity index (χ3n) is 3.43. The normalized spacial score (nSPS) is 11.4. The second-order valence-electron chi connectivity index (χ2n) is 5.45. The van der Waals surface area contributed by atoms with E-state index in [9.17, 15) is 24.5 Å². The molecule has 142 valence electrons. The molecule has 1 atom stereocenters. The van der Waals surface area contributed by atoms with Gasteiger partial charge in [0.15, 0.2) is 0 Å². The summed E-state index contributed by atoms with van der Waals surface area (Å²) in [5.41, 5.74) is 0.863. The van der Waals surface area contributed by atoms with E-state index >= 15 is 0 Å². The third kappa shape index (κ3) is 8.62. The number of carboxylic acid groups (broad SMARTS) is 2. The summed E-state index contributed by atoms with van der Waals surface area (Å²) < 4.78 is 5.05. The monoisotopic (exact) mass is 369 g/mol. The van der Waals surface area contributed by atoms with Gasteiger partial charge in [-0.1, -0.05) is 12.1 Å². The van der Waals surface area contributed by atoms with Gasteiger partial charge in [-0.25, -0.2) is 0 Å². The van der Waals surface area contributed by atoms with Crippen molar-refractivity contribution < 1.29 is 39.3 Å². The Balaban J connectivity index is 2.46. The maximum Gasteiger partial charge on any atom is 0.312 e. The Kier molecular flexibility index (Phi) is 8.55. The van der Waals surface area contributed by atoms with E-state index in [1.165, 1.54) is 12.1 Å². The number of ether oxygens (including phenoxy) is 1. The maximum absolute atomic E-state index is 11.8. The zero-order valence-electron chi connectivity index (χ0n) is 13.8. The Morgan fingerprint density at radius 3 is 2.35 bits per heavy atom. The van der Waals surface area contributed by atoms with E-state index in [0.717, 1.165) is 5.56 Å². The second kappa shape index (κ2) is 10.6. The topological polar surface area (TPSA) is 153 Å². The zero-order valence-corrected chi connectivity index (χ0v) is 13.8. The van der Waals surface area contributed by atoms with Gasteiger partial charge in [0.05, 0.1) is 18.9 Å². The molecule has 2 N–H and O–H groups in total. The highest BCUT2D eigenvalue weighted by Crippen LogP contribution is 2.17. The van der Waals surface area contributed by atoms with Crippen molar-refractivity contribution in [2.75, 3.05) is 6.61 Å². The number of esters is 1. The number of rotatable bonds is 12. The van der Waals surface area contributed by atoms with Crippen LogP contribution in [0.25, 0.3) is 0 Å². The molecule has 0 amide bonds. The third-order valence-corrected chi connectivity index (χ3v) is 3.43. The number of aliphatic carboxylic acids is 2. The first-order valence-corrected chi connectivity index (χ1v) is 7.79. The average molecular weight is 369 g/mol. The summed E-state index contributed by atoms with van der Waals surface area (Å²) in [5.74, 6) is -4.06. The summed E-state index contributed by atoms with van der Waals surface area (Å²) in [6.45, 7) is -0.0172. The van der Waals surface area contributed by atoms with Crippen LogP contribution in [0.4, 0.5) is 0 Å². The molecule has 26 heavy (non-hydrogen) atoms. The standard InChI is InChI=1S/C16H19NO9/c18-14(19)8-5-12(16(21)22)10-15(20)26-13-6-3-11(4-7-13)2-1-9-25-17(23)24/h3-4,6-7,12H,1-2,5,8-10H2,(H,18,19)(H,21,22). The first kappa shape index (κ1) is 20.9. The van der Waals surface area contributed by atoms with Crippen molar-refractivity contribution in [1.29, 1.82) is 0 Å². The summed E-state index contributed by atoms with van der Waals surface area (Å²) in [6, 6.07) is 6.39. The number of carbonyl (C=O) groups is 3. The van der Waals surface area contributed by atoms with Crippen LogP contribution in [0.1, 0.15) is 31.2 Å². The molecule has 0 saturated heterocycles. The van der Waals surface area contributed by atoms with Gasteiger partial charge < -0.3 is 19.8 Å². The fraction of sp³-hybridized carbons (Fsp3) is 0.438. The molecule has 1 unspecified atom stereocenters. The summed E-state index contributed by atoms with van der Waals surface area (Å²) in [6.07, 6.45) is 0.0505. The largest absolute Gasteiger partial charge is 0.481 e. The number of benzene rings is 1. The molecule has 1 aromatic rings. The Hall–Kier alpha value is -3.17. The van der Waals surface area contributed by atoms with Crippen molar-refractivity contribution in [3.63, 3.8) is 0 Å². The molecule has 0 heterocycles. The minimum absolute atomic E-state index is 0.0172. The van der Waals surface area contributed by atoms with E-state index in [0.29, 0.717) is 12.8 Å². The van der Waals surface area contributed by atoms with Gasteiger partial charge in [0.2, 0.25) is 0 Å². The van der Waals surface area contributed by atoms with Crippen LogP contribution in [0.15, 0.2) is 24.3 Å². The zero-order chi connectivity index (χ0) is 19.5. The lowest BCUT2D eigenvalue weighted by atomic mass is 10.00. The van der Waals surface area contributed by atoms with Gasteiger partial charge >= 0.3 is 17.9 Å². The lowest BCUT2D eigenvalue weighted by Gasteiger charge is -2.11. The first-order chi connectivity index (χ1) is 12.3. The average Bonchev–Trinajstić information content (AvgIpc) is 2.56. The fourth-order valence-electron chi connectivity index (χ4n) is 2.12. The van der Waals surface area contributed by atoms with Crippen molar-refractivity contribution in [2.45, 2.75) is 32.1 Å². The molecule has 0 spiro atoms. The van der Waals surface area contributed by atoms with E-state index in [2.05, 4.69) is 4.84 Å². The molecule has 0 radical (unpaired) electrons. The van der Waals surface area contributed by atoms with Crippen molar-refractivity contribution in [1.82, 2.24) is 0 Å². The number of hydrogen-bond acceptors (Lipinski definition) is 7. The lowest BCUT2D eigenvalue weighted by Crippen LogP contribution is -2.21. The summed E-state index contributed by atoms with van der Waals surface area (Å²) in [7, 11) is 0. The summed E-state index contributed by atoms with van der Waals surface area (Å²) in [5, 5.41) is 26.8. The number of hydrogen-bond donors (Lipinski definition) is 2. The minimum atomic E-state index is -1.25. The summed E-state index contributed by atoms with van der Waals surface area (Å²) >= 11 is 0. The lowest BCUT2D eigenvalue weighted by molar-refractivity contribution is -0.757. The Bertz CT molecular complexity index is 642. The Labute approximate surface area is 148 Å². The second-order valence-corrected chi connectivity index (χ2v) is 5.45. The Morgan fingerprint density at radius 2 is 1.81 bits per heavy atom. The van der Waals surface area contributed by atoms with Crippen molar-refractivity contribution >= 4 is 17.9 Å². The van der Waals surface area contributed by atoms with Crippen LogP contribution in [0.3, 0.4) is 0 Å². The van der Waals surface area contributed by atoms with Gasteiger partial charge in [-0.2, -0.15) is 0 Å². The molecule has 10 heteroatoms. The molecule has 0 aliphatic carbocycles. The van der Waals surface area contributed by atoms with Gasteiger partial charge in [-0.05, 0) is 37.0 Å². The van der Waals surface area contributed by atoms with Crippen LogP contribution in [0.2, 0.25) is 0 Å². The van der Waals surface area contributed by atoms with E-state index in [-0.39, 0.29) is 25.2 Å². The molecular weight excluding hydrogens is 350 g/mol. The van der Waals surface area contributed by atoms with Crippen LogP contribution in [-0.4, -0.2) is 39.8 Å². The first-order valence-electron chi connectivity index (χ1n) is 7.79. The molecule has 0 fully saturated rings. The van der Waals surface area contributed by atoms with Crippen LogP contribution >= 0.6 is 0 Å². The highest BCUT2D eigenvalue weighted by atomic mass is 16.9. The highest BCUT2D eigenvalue weighted by Gasteiger charge is 2.23. The van der Waals surface area contributed by atoms with Crippen LogP contribution in [0, 0.1) is 16.0 Å². The van der Waals surface area contributed by atoms with Gasteiger partial charge in [0, 0.05) is 6.42 Å². The van der Waals surface area contributed by atoms with Crippen LogP contribution < -0.4 is 4.74 Å². The number of aryl methyl sites for hydroxylation is 1. The Morgan fingerprint density at radius 1 is 1.15 bits per heavy atom. The molecule has 0 aromatic heterocycles. The van der Waals surface area contributed by atoms with E-state index in [1.807, 2.05) is 0 Å². The molecule has 0 aliphatic rings. The number of carboxylic acids is 2. The van der Waals surface area contributed by atoms with E-state index in [1.54, 1.807) is 12.1 Å². The molecule has 0 aliphatic heterocycles. The van der Waals surface area contributed by atoms with Crippen LogP contribution in [0.5, 0.6) is 5.75 Å². The smallest absolute Gasteiger partial charge is 0.312 e. The molecule has 1 rings (SSSR count). The molecule has 10 nitrogen and oxygen atoms in total. The molecule has 1 aromatic carbocycles. The van der Waals surface area contributed by atoms with Crippen LogP contribution in [-0.2, 0) is 25.6 Å². The van der Waals surface area contributed by atoms with Gasteiger partial charge in [0.25, 0.3) is 5.09 Å². The fourth-order valence-corrected chi connectivity index (χ4v) is 2.12. The van der Waals surface area contributed by atoms with Gasteiger partial charge in [-0.3, -0.25) is 14.4 Å². The minimum Gasteiger partial charge on any atom is -0.481 e. The molecule has 0 saturated carbocycles. The molecular formula is C16H19NO9. The van der Waals surface area contributed by atoms with Gasteiger partial charge in [0.1, 0.15) is 5.75 Å². The van der Waals surface area contributed by atoms with E-state index in [4.69, 9.17) is 14.9 Å². The SMILES string of the molecule is O=C(O)CCC(CC(=O)Oc1ccc(CCCO[N+](=O)[O-])cc1)C(=O)O. The van der Waals surface area contributed by atoms with Crippen molar-refractivity contribution in [2.24, 2.45) is 5.92 Å². The van der Waals surface area contributed by atoms with Gasteiger partial charge in [-0.15, -0.1) is 10.1 Å². The molecule has 0 bridgehead atoms. The maximum atomic E-state index is 11.8. The summed E-state index contributed by atoms with van der Waals surface area (Å²) in [4.78, 5) is 47.6. The quantitative estimate of drug-likeness (QED) is 0.184. The highest BCUT2D eigenvalue weighted by molar-refractivity contribution is 5.80. The van der Waals surface area contributed by atoms with E-state index < -0.39 is 35.3 Å². The van der Waals surface area contributed by atoms with Crippen molar-refractivity contribution in [3.8, 4) is 5.75 Å². The predicted molar refractivity (Wildman–Crippen MR) is 86.0 cm³/mol. The number of nitrogens with zero attached hydrogens (tertiary/aromatic N) is 1.